The van der Waals surface area contributed by atoms with E-state index >= 15 is 0 Å². The monoisotopic (exact) mass is 224 g/mol. The summed E-state index contributed by atoms with van der Waals surface area (Å²) in [6.07, 6.45) is 4.08. The Morgan fingerprint density at radius 3 is 2.31 bits per heavy atom. The smallest absolute Gasteiger partial charge is 0.0456 e. The van der Waals surface area contributed by atoms with Crippen LogP contribution in [0.4, 0.5) is 0 Å². The molecule has 1 nitrogen and oxygen atoms in total. The summed E-state index contributed by atoms with van der Waals surface area (Å²) in [4.78, 5) is 0. The zero-order valence-electron chi connectivity index (χ0n) is 11.6. The van der Waals surface area contributed by atoms with Crippen molar-refractivity contribution in [2.24, 2.45) is 34.5 Å². The first-order valence-electron chi connectivity index (χ1n) is 6.93. The first-order chi connectivity index (χ1) is 7.33. The third-order valence-corrected chi connectivity index (χ3v) is 6.12. The van der Waals surface area contributed by atoms with Crippen molar-refractivity contribution >= 4 is 0 Å². The quantitative estimate of drug-likeness (QED) is 0.771. The molecule has 2 rings (SSSR count). The molecule has 0 amide bonds. The first-order valence-corrected chi connectivity index (χ1v) is 6.93. The maximum absolute atomic E-state index is 9.17. The van der Waals surface area contributed by atoms with E-state index in [0.717, 1.165) is 17.8 Å². The van der Waals surface area contributed by atoms with E-state index in [1.165, 1.54) is 19.3 Å². The minimum atomic E-state index is 0.345. The van der Waals surface area contributed by atoms with Gasteiger partial charge in [0.05, 0.1) is 0 Å². The maximum Gasteiger partial charge on any atom is 0.0456 e. The van der Waals surface area contributed by atoms with E-state index in [9.17, 15) is 0 Å². The molecule has 5 atom stereocenters. The lowest BCUT2D eigenvalue weighted by Gasteiger charge is -2.39. The average molecular weight is 224 g/mol. The van der Waals surface area contributed by atoms with Gasteiger partial charge in [-0.3, -0.25) is 0 Å². The topological polar surface area (TPSA) is 20.2 Å². The fraction of sp³-hybridized carbons (Fsp3) is 1.00. The SMILES string of the molecule is CC(CO)CC(C)C1CC2C[C@]2(C)C1(C)C. The fourth-order valence-corrected chi connectivity index (χ4v) is 4.43. The van der Waals surface area contributed by atoms with Gasteiger partial charge in [0.25, 0.3) is 0 Å². The van der Waals surface area contributed by atoms with Crippen LogP contribution >= 0.6 is 0 Å². The van der Waals surface area contributed by atoms with Crippen LogP contribution in [0.1, 0.15) is 53.9 Å². The average Bonchev–Trinajstić information content (AvgIpc) is 2.82. The molecule has 16 heavy (non-hydrogen) atoms. The molecule has 0 heterocycles. The Balaban J connectivity index is 2.01. The van der Waals surface area contributed by atoms with Crippen LogP contribution in [0, 0.1) is 34.5 Å². The van der Waals surface area contributed by atoms with Crippen molar-refractivity contribution in [3.8, 4) is 0 Å². The maximum atomic E-state index is 9.17. The van der Waals surface area contributed by atoms with Crippen molar-refractivity contribution in [1.82, 2.24) is 0 Å². The summed E-state index contributed by atoms with van der Waals surface area (Å²) in [5.74, 6) is 3.10. The van der Waals surface area contributed by atoms with Crippen LogP contribution in [0.15, 0.2) is 0 Å². The number of aliphatic hydroxyl groups excluding tert-OH is 1. The van der Waals surface area contributed by atoms with Gasteiger partial charge in [0.15, 0.2) is 0 Å². The molecular formula is C15H28O. The van der Waals surface area contributed by atoms with E-state index in [0.29, 0.717) is 23.4 Å². The minimum absolute atomic E-state index is 0.345. The Morgan fingerprint density at radius 2 is 1.88 bits per heavy atom. The van der Waals surface area contributed by atoms with E-state index in [1.807, 2.05) is 0 Å². The summed E-state index contributed by atoms with van der Waals surface area (Å²) in [5, 5.41) is 9.17. The van der Waals surface area contributed by atoms with E-state index in [2.05, 4.69) is 34.6 Å². The van der Waals surface area contributed by atoms with Crippen molar-refractivity contribution in [2.75, 3.05) is 6.61 Å². The van der Waals surface area contributed by atoms with Gasteiger partial charge in [-0.15, -0.1) is 0 Å². The highest BCUT2D eigenvalue weighted by molar-refractivity contribution is 5.16. The van der Waals surface area contributed by atoms with Crippen molar-refractivity contribution < 1.29 is 5.11 Å². The molecule has 0 bridgehead atoms. The van der Waals surface area contributed by atoms with Crippen LogP contribution < -0.4 is 0 Å². The molecule has 1 heteroatoms. The molecule has 0 aromatic rings. The van der Waals surface area contributed by atoms with Gasteiger partial charge in [-0.2, -0.15) is 0 Å². The summed E-state index contributed by atoms with van der Waals surface area (Å²) in [6.45, 7) is 12.3. The number of rotatable bonds is 4. The second-order valence-corrected chi connectivity index (χ2v) is 7.38. The Bertz CT molecular complexity index is 271. The molecule has 0 aromatic carbocycles. The predicted molar refractivity (Wildman–Crippen MR) is 68.1 cm³/mol. The summed E-state index contributed by atoms with van der Waals surface area (Å²) in [6, 6.07) is 0. The molecule has 0 aliphatic heterocycles. The predicted octanol–water partition coefficient (Wildman–Crippen LogP) is 3.71. The largest absolute Gasteiger partial charge is 0.396 e. The van der Waals surface area contributed by atoms with Gasteiger partial charge in [-0.25, -0.2) is 0 Å². The highest BCUT2D eigenvalue weighted by Crippen LogP contribution is 2.75. The molecular weight excluding hydrogens is 196 g/mol. The van der Waals surface area contributed by atoms with Crippen LogP contribution in [-0.4, -0.2) is 11.7 Å². The highest BCUT2D eigenvalue weighted by atomic mass is 16.3. The molecule has 0 radical (unpaired) electrons. The van der Waals surface area contributed by atoms with Gasteiger partial charge in [0.1, 0.15) is 0 Å². The number of fused-ring (bicyclic) bond motifs is 1. The Morgan fingerprint density at radius 1 is 1.25 bits per heavy atom. The van der Waals surface area contributed by atoms with Crippen molar-refractivity contribution in [2.45, 2.75) is 53.9 Å². The molecule has 4 unspecified atom stereocenters. The highest BCUT2D eigenvalue weighted by Gasteiger charge is 2.67. The summed E-state index contributed by atoms with van der Waals surface area (Å²) >= 11 is 0. The van der Waals surface area contributed by atoms with Crippen molar-refractivity contribution in [3.63, 3.8) is 0 Å². The summed E-state index contributed by atoms with van der Waals surface area (Å²) < 4.78 is 0. The standard InChI is InChI=1S/C15H28O/c1-10(9-16)6-11(2)13-7-12-8-15(12,5)14(13,3)4/h10-13,16H,6-9H2,1-5H3/t10?,11?,12?,13?,15-/m0/s1. The Hall–Kier alpha value is -0.0400. The summed E-state index contributed by atoms with van der Waals surface area (Å²) in [5.41, 5.74) is 1.14. The first kappa shape index (κ1) is 12.4. The van der Waals surface area contributed by atoms with Gasteiger partial charge >= 0.3 is 0 Å². The van der Waals surface area contributed by atoms with Crippen molar-refractivity contribution in [1.29, 1.82) is 0 Å². The van der Waals surface area contributed by atoms with E-state index in [4.69, 9.17) is 5.11 Å². The molecule has 0 aromatic heterocycles. The van der Waals surface area contributed by atoms with Crippen LogP contribution in [-0.2, 0) is 0 Å². The molecule has 0 spiro atoms. The third-order valence-electron chi connectivity index (χ3n) is 6.12. The van der Waals surface area contributed by atoms with E-state index < -0.39 is 0 Å². The molecule has 94 valence electrons. The lowest BCUT2D eigenvalue weighted by atomic mass is 9.66. The van der Waals surface area contributed by atoms with Crippen molar-refractivity contribution in [3.05, 3.63) is 0 Å². The minimum Gasteiger partial charge on any atom is -0.396 e. The molecule has 2 saturated carbocycles. The second-order valence-electron chi connectivity index (χ2n) is 7.38. The van der Waals surface area contributed by atoms with Gasteiger partial charge in [-0.05, 0) is 53.8 Å². The third kappa shape index (κ3) is 1.63. The number of hydrogen-bond acceptors (Lipinski definition) is 1. The molecule has 2 aliphatic rings. The van der Waals surface area contributed by atoms with Crippen LogP contribution in [0.3, 0.4) is 0 Å². The number of aliphatic hydroxyl groups is 1. The van der Waals surface area contributed by atoms with Crippen LogP contribution in [0.2, 0.25) is 0 Å². The van der Waals surface area contributed by atoms with Crippen LogP contribution in [0.25, 0.3) is 0 Å². The lowest BCUT2D eigenvalue weighted by Crippen LogP contribution is -2.32. The molecule has 2 aliphatic carbocycles. The van der Waals surface area contributed by atoms with E-state index in [-0.39, 0.29) is 0 Å². The van der Waals surface area contributed by atoms with E-state index in [1.54, 1.807) is 0 Å². The zero-order valence-corrected chi connectivity index (χ0v) is 11.6. The molecule has 0 saturated heterocycles. The second kappa shape index (κ2) is 3.73. The molecule has 1 N–H and O–H groups in total. The van der Waals surface area contributed by atoms with Gasteiger partial charge in [0.2, 0.25) is 0 Å². The molecule has 2 fully saturated rings. The summed E-state index contributed by atoms with van der Waals surface area (Å²) in [7, 11) is 0. The van der Waals surface area contributed by atoms with Gasteiger partial charge < -0.3 is 5.11 Å². The lowest BCUT2D eigenvalue weighted by molar-refractivity contribution is 0.0870. The Kier molecular flexibility index (Phi) is 2.89. The van der Waals surface area contributed by atoms with Gasteiger partial charge in [0, 0.05) is 6.61 Å². The number of hydrogen-bond donors (Lipinski definition) is 1. The van der Waals surface area contributed by atoms with Gasteiger partial charge in [-0.1, -0.05) is 34.6 Å². The zero-order chi connectivity index (χ0) is 12.1. The Labute approximate surface area is 101 Å². The van der Waals surface area contributed by atoms with Crippen LogP contribution in [0.5, 0.6) is 0 Å². The fourth-order valence-electron chi connectivity index (χ4n) is 4.43. The normalized spacial score (nSPS) is 43.9.